The van der Waals surface area contributed by atoms with Gasteiger partial charge in [0.2, 0.25) is 0 Å². The molecule has 0 saturated carbocycles. The Kier molecular flexibility index (Phi) is 4.19. The molecule has 0 radical (unpaired) electrons. The molecule has 3 aliphatic rings. The van der Waals surface area contributed by atoms with Crippen LogP contribution < -0.4 is 5.32 Å². The van der Waals surface area contributed by atoms with Crippen molar-refractivity contribution in [1.82, 2.24) is 5.32 Å². The van der Waals surface area contributed by atoms with Crippen LogP contribution in [0.1, 0.15) is 38.5 Å². The molecular formula is C14H25NO3. The molecule has 0 aromatic heterocycles. The van der Waals surface area contributed by atoms with Gasteiger partial charge in [0.15, 0.2) is 0 Å². The van der Waals surface area contributed by atoms with Crippen molar-refractivity contribution in [3.63, 3.8) is 0 Å². The van der Waals surface area contributed by atoms with Gasteiger partial charge in [-0.2, -0.15) is 0 Å². The molecule has 0 bridgehead atoms. The first-order valence-corrected chi connectivity index (χ1v) is 7.43. The molecule has 3 atom stereocenters. The van der Waals surface area contributed by atoms with Crippen molar-refractivity contribution in [2.45, 2.75) is 56.3 Å². The molecule has 104 valence electrons. The molecule has 1 N–H and O–H groups in total. The minimum Gasteiger partial charge on any atom is -0.378 e. The zero-order valence-electron chi connectivity index (χ0n) is 11.2. The lowest BCUT2D eigenvalue weighted by Crippen LogP contribution is -2.49. The quantitative estimate of drug-likeness (QED) is 0.829. The van der Waals surface area contributed by atoms with Crippen LogP contribution in [0.3, 0.4) is 0 Å². The van der Waals surface area contributed by atoms with E-state index >= 15 is 0 Å². The molecule has 3 heterocycles. The van der Waals surface area contributed by atoms with Gasteiger partial charge in [-0.1, -0.05) is 0 Å². The summed E-state index contributed by atoms with van der Waals surface area (Å²) in [5.41, 5.74) is 0.0172. The van der Waals surface area contributed by atoms with E-state index in [9.17, 15) is 0 Å². The third-order valence-corrected chi connectivity index (χ3v) is 4.47. The van der Waals surface area contributed by atoms with Crippen molar-refractivity contribution in [3.8, 4) is 0 Å². The van der Waals surface area contributed by atoms with Crippen molar-refractivity contribution in [3.05, 3.63) is 0 Å². The zero-order valence-corrected chi connectivity index (χ0v) is 11.2. The summed E-state index contributed by atoms with van der Waals surface area (Å²) in [6.45, 7) is 4.45. The molecule has 0 aromatic carbocycles. The van der Waals surface area contributed by atoms with Gasteiger partial charge < -0.3 is 19.5 Å². The number of hydrogen-bond acceptors (Lipinski definition) is 4. The van der Waals surface area contributed by atoms with Crippen LogP contribution >= 0.6 is 0 Å². The predicted octanol–water partition coefficient (Wildman–Crippen LogP) is 1.48. The average molecular weight is 255 g/mol. The lowest BCUT2D eigenvalue weighted by molar-refractivity contribution is -0.0909. The Morgan fingerprint density at radius 3 is 2.89 bits per heavy atom. The second-order valence-corrected chi connectivity index (χ2v) is 5.92. The van der Waals surface area contributed by atoms with Crippen LogP contribution in [0.25, 0.3) is 0 Å². The maximum Gasteiger partial charge on any atom is 0.0951 e. The monoisotopic (exact) mass is 255 g/mol. The van der Waals surface area contributed by atoms with Crippen molar-refractivity contribution < 1.29 is 14.2 Å². The summed E-state index contributed by atoms with van der Waals surface area (Å²) in [6.07, 6.45) is 7.47. The molecule has 0 aromatic rings. The van der Waals surface area contributed by atoms with Gasteiger partial charge in [0, 0.05) is 38.8 Å². The van der Waals surface area contributed by atoms with E-state index in [4.69, 9.17) is 14.2 Å². The molecular weight excluding hydrogens is 230 g/mol. The summed E-state index contributed by atoms with van der Waals surface area (Å²) in [5.74, 6) is 0. The average Bonchev–Trinajstić information content (AvgIpc) is 2.86. The smallest absolute Gasteiger partial charge is 0.0951 e. The molecule has 3 fully saturated rings. The Balaban J connectivity index is 1.44. The van der Waals surface area contributed by atoms with Crippen molar-refractivity contribution in [2.75, 3.05) is 33.0 Å². The third-order valence-electron chi connectivity index (χ3n) is 4.47. The number of nitrogens with one attached hydrogen (secondary N) is 1. The minimum absolute atomic E-state index is 0.0172. The van der Waals surface area contributed by atoms with Crippen molar-refractivity contribution >= 4 is 0 Å². The summed E-state index contributed by atoms with van der Waals surface area (Å²) in [4.78, 5) is 0. The lowest BCUT2D eigenvalue weighted by atomic mass is 9.89. The second-order valence-electron chi connectivity index (χ2n) is 5.92. The zero-order chi connectivity index (χ0) is 12.3. The van der Waals surface area contributed by atoms with Gasteiger partial charge in [0.05, 0.1) is 18.3 Å². The highest BCUT2D eigenvalue weighted by Gasteiger charge is 2.40. The van der Waals surface area contributed by atoms with Crippen LogP contribution in [-0.2, 0) is 14.2 Å². The van der Waals surface area contributed by atoms with E-state index in [1.165, 1.54) is 19.3 Å². The normalized spacial score (nSPS) is 41.3. The largest absolute Gasteiger partial charge is 0.378 e. The summed E-state index contributed by atoms with van der Waals surface area (Å²) in [6, 6.07) is 0.575. The Bertz CT molecular complexity index is 260. The molecule has 4 nitrogen and oxygen atoms in total. The SMILES string of the molecule is C1CCC(CNC2CCOC3(CCOC3)C2)OC1. The van der Waals surface area contributed by atoms with Gasteiger partial charge in [0.25, 0.3) is 0 Å². The first kappa shape index (κ1) is 12.9. The van der Waals surface area contributed by atoms with E-state index in [0.29, 0.717) is 12.1 Å². The second kappa shape index (κ2) is 5.87. The van der Waals surface area contributed by atoms with Crippen molar-refractivity contribution in [2.24, 2.45) is 0 Å². The highest BCUT2D eigenvalue weighted by atomic mass is 16.6. The molecule has 1 spiro atoms. The molecule has 3 saturated heterocycles. The standard InChI is InChI=1S/C14H25NO3/c1-2-6-17-13(3-1)10-15-12-4-7-18-14(9-12)5-8-16-11-14/h12-13,15H,1-11H2. The fourth-order valence-electron chi connectivity index (χ4n) is 3.33. The predicted molar refractivity (Wildman–Crippen MR) is 68.7 cm³/mol. The molecule has 18 heavy (non-hydrogen) atoms. The van der Waals surface area contributed by atoms with E-state index < -0.39 is 0 Å². The Labute approximate surface area is 109 Å². The number of rotatable bonds is 3. The fraction of sp³-hybridized carbons (Fsp3) is 1.00. The van der Waals surface area contributed by atoms with Gasteiger partial charge >= 0.3 is 0 Å². The van der Waals surface area contributed by atoms with Gasteiger partial charge in [-0.3, -0.25) is 0 Å². The molecule has 4 heteroatoms. The van der Waals surface area contributed by atoms with Crippen LogP contribution in [0.5, 0.6) is 0 Å². The molecule has 3 aliphatic heterocycles. The highest BCUT2D eigenvalue weighted by molar-refractivity contribution is 4.93. The minimum atomic E-state index is 0.0172. The highest BCUT2D eigenvalue weighted by Crippen LogP contribution is 2.32. The molecule has 0 amide bonds. The topological polar surface area (TPSA) is 39.7 Å². The van der Waals surface area contributed by atoms with Gasteiger partial charge in [-0.25, -0.2) is 0 Å². The first-order chi connectivity index (χ1) is 8.86. The van der Waals surface area contributed by atoms with Gasteiger partial charge in [0.1, 0.15) is 0 Å². The fourth-order valence-corrected chi connectivity index (χ4v) is 3.33. The van der Waals surface area contributed by atoms with E-state index in [2.05, 4.69) is 5.32 Å². The first-order valence-electron chi connectivity index (χ1n) is 7.43. The van der Waals surface area contributed by atoms with E-state index in [1.54, 1.807) is 0 Å². The third kappa shape index (κ3) is 3.05. The van der Waals surface area contributed by atoms with Crippen LogP contribution in [0, 0.1) is 0 Å². The lowest BCUT2D eigenvalue weighted by Gasteiger charge is -2.38. The van der Waals surface area contributed by atoms with Gasteiger partial charge in [-0.05, 0) is 32.1 Å². The number of hydrogen-bond donors (Lipinski definition) is 1. The Hall–Kier alpha value is -0.160. The summed E-state index contributed by atoms with van der Waals surface area (Å²) >= 11 is 0. The molecule has 0 aliphatic carbocycles. The van der Waals surface area contributed by atoms with Crippen LogP contribution in [0.15, 0.2) is 0 Å². The van der Waals surface area contributed by atoms with E-state index in [1.807, 2.05) is 0 Å². The van der Waals surface area contributed by atoms with Crippen molar-refractivity contribution in [1.29, 1.82) is 0 Å². The number of ether oxygens (including phenoxy) is 3. The van der Waals surface area contributed by atoms with E-state index in [0.717, 1.165) is 52.2 Å². The maximum atomic E-state index is 5.95. The Morgan fingerprint density at radius 2 is 2.11 bits per heavy atom. The molecule has 3 unspecified atom stereocenters. The Morgan fingerprint density at radius 1 is 1.11 bits per heavy atom. The van der Waals surface area contributed by atoms with Crippen LogP contribution in [0.4, 0.5) is 0 Å². The summed E-state index contributed by atoms with van der Waals surface area (Å²) in [7, 11) is 0. The van der Waals surface area contributed by atoms with Crippen LogP contribution in [0.2, 0.25) is 0 Å². The maximum absolute atomic E-state index is 5.95. The molecule has 3 rings (SSSR count). The van der Waals surface area contributed by atoms with Crippen LogP contribution in [-0.4, -0.2) is 50.7 Å². The van der Waals surface area contributed by atoms with Gasteiger partial charge in [-0.15, -0.1) is 0 Å². The van der Waals surface area contributed by atoms with E-state index in [-0.39, 0.29) is 5.60 Å². The summed E-state index contributed by atoms with van der Waals surface area (Å²) in [5, 5.41) is 3.68. The summed E-state index contributed by atoms with van der Waals surface area (Å²) < 4.78 is 17.2.